The number of aromatic amines is 2. The van der Waals surface area contributed by atoms with Crippen molar-refractivity contribution in [3.05, 3.63) is 87.0 Å². The predicted octanol–water partition coefficient (Wildman–Crippen LogP) is 10.7. The fourth-order valence-corrected chi connectivity index (χ4v) is 8.62. The number of fused-ring (bicyclic) bond motifs is 2. The summed E-state index contributed by atoms with van der Waals surface area (Å²) in [6, 6.07) is 17.8. The van der Waals surface area contributed by atoms with Crippen LogP contribution >= 0.6 is 15.9 Å². The molecule has 2 fully saturated rings. The third-order valence-electron chi connectivity index (χ3n) is 10.3. The van der Waals surface area contributed by atoms with Crippen molar-refractivity contribution in [3.8, 4) is 17.0 Å². The van der Waals surface area contributed by atoms with Crippen molar-refractivity contribution in [3.63, 3.8) is 0 Å². The van der Waals surface area contributed by atoms with E-state index in [1.807, 2.05) is 43.3 Å². The Labute approximate surface area is 302 Å². The van der Waals surface area contributed by atoms with E-state index in [0.29, 0.717) is 23.0 Å². The maximum Gasteiger partial charge on any atom is 0.337 e. The largest absolute Gasteiger partial charge is 0.467 e. The number of rotatable bonds is 8. The minimum absolute atomic E-state index is 0.198. The molecule has 2 aromatic heterocycles. The number of aromatic nitrogens is 2. The summed E-state index contributed by atoms with van der Waals surface area (Å²) in [6.45, 7) is 2.25. The smallest absolute Gasteiger partial charge is 0.337 e. The number of para-hydroxylation sites is 1. The van der Waals surface area contributed by atoms with E-state index in [0.717, 1.165) is 38.2 Å². The first kappa shape index (κ1) is 35.7. The Balaban J connectivity index is 0.000000187. The lowest BCUT2D eigenvalue weighted by atomic mass is 9.81. The van der Waals surface area contributed by atoms with Gasteiger partial charge in [-0.2, -0.15) is 0 Å². The van der Waals surface area contributed by atoms with E-state index >= 15 is 0 Å². The average Bonchev–Trinajstić information content (AvgIpc) is 3.70. The number of H-pyrrole nitrogens is 2. The molecule has 0 spiro atoms. The third kappa shape index (κ3) is 7.49. The molecule has 8 nitrogen and oxygen atoms in total. The Hall–Kier alpha value is -4.08. The normalized spacial score (nSPS) is 15.5. The molecule has 0 aliphatic heterocycles. The van der Waals surface area contributed by atoms with E-state index in [9.17, 15) is 9.59 Å². The van der Waals surface area contributed by atoms with Crippen molar-refractivity contribution in [1.29, 1.82) is 0 Å². The number of esters is 2. The number of carbonyl (C=O) groups is 2. The Bertz CT molecular complexity index is 1970. The van der Waals surface area contributed by atoms with Crippen molar-refractivity contribution in [2.75, 3.05) is 28.1 Å². The number of benzene rings is 3. The van der Waals surface area contributed by atoms with Crippen LogP contribution in [0, 0.1) is 6.92 Å². The van der Waals surface area contributed by atoms with Gasteiger partial charge in [0.15, 0.2) is 6.79 Å². The second-order valence-corrected chi connectivity index (χ2v) is 14.2. The Morgan fingerprint density at radius 2 is 1.26 bits per heavy atom. The van der Waals surface area contributed by atoms with Crippen molar-refractivity contribution >= 4 is 49.7 Å². The summed E-state index contributed by atoms with van der Waals surface area (Å²) in [7, 11) is 4.44. The number of methoxy groups -OCH3 is 3. The molecule has 0 bridgehead atoms. The summed E-state index contributed by atoms with van der Waals surface area (Å²) in [5.74, 6) is 1.32. The van der Waals surface area contributed by atoms with Crippen LogP contribution in [0.15, 0.2) is 59.2 Å². The summed E-state index contributed by atoms with van der Waals surface area (Å²) in [4.78, 5) is 30.6. The van der Waals surface area contributed by atoms with Crippen LogP contribution < -0.4 is 4.74 Å². The molecule has 2 saturated carbocycles. The van der Waals surface area contributed by atoms with Crippen LogP contribution in [-0.4, -0.2) is 50.0 Å². The number of aryl methyl sites for hydroxylation is 1. The summed E-state index contributed by atoms with van der Waals surface area (Å²) in [5.41, 5.74) is 8.96. The zero-order valence-corrected chi connectivity index (χ0v) is 31.0. The standard InChI is InChI=1S/C25H29NO4.C16H18BrNO2/c1-16-8-7-11-20(24(16)30-15-28-2)23-22(17-9-5-4-6-10-17)19-13-12-18(25(27)29-3)14-21(19)26-23;1-20-16(19)11-7-8-12-13(9-11)18-15(17)14(12)10-5-3-2-4-6-10/h7-8,11-14,17,26H,4-6,9-10,15H2,1-3H3;7-10,18H,2-6H2,1H3. The van der Waals surface area contributed by atoms with Crippen LogP contribution in [0.25, 0.3) is 33.1 Å². The molecular weight excluding hydrogens is 696 g/mol. The van der Waals surface area contributed by atoms with E-state index in [1.165, 1.54) is 100 Å². The SMILES string of the molecule is COC(=O)c1ccc2c(C3CCCCC3)c(Br)[nH]c2c1.COCOc1c(C)cccc1-c1[nH]c2cc(C(=O)OC)ccc2c1C1CCCCC1. The van der Waals surface area contributed by atoms with Gasteiger partial charge in [-0.15, -0.1) is 0 Å². The molecule has 0 unspecified atom stereocenters. The van der Waals surface area contributed by atoms with E-state index < -0.39 is 0 Å². The number of hydrogen-bond acceptors (Lipinski definition) is 6. The topological polar surface area (TPSA) is 103 Å². The summed E-state index contributed by atoms with van der Waals surface area (Å²) < 4.78 is 21.9. The van der Waals surface area contributed by atoms with Crippen LogP contribution in [0.2, 0.25) is 0 Å². The second kappa shape index (κ2) is 16.3. The van der Waals surface area contributed by atoms with Gasteiger partial charge in [0.1, 0.15) is 5.75 Å². The quantitative estimate of drug-likeness (QED) is 0.121. The number of halogens is 1. The lowest BCUT2D eigenvalue weighted by Gasteiger charge is -2.23. The van der Waals surface area contributed by atoms with Crippen LogP contribution in [0.4, 0.5) is 0 Å². The van der Waals surface area contributed by atoms with Gasteiger partial charge >= 0.3 is 11.9 Å². The van der Waals surface area contributed by atoms with Gasteiger partial charge < -0.3 is 28.9 Å². The van der Waals surface area contributed by atoms with Crippen molar-refractivity contribution in [2.24, 2.45) is 0 Å². The molecule has 3 aromatic carbocycles. The maximum atomic E-state index is 12.1. The third-order valence-corrected chi connectivity index (χ3v) is 10.9. The number of ether oxygens (including phenoxy) is 4. The van der Waals surface area contributed by atoms with E-state index in [4.69, 9.17) is 18.9 Å². The molecule has 2 aliphatic rings. The van der Waals surface area contributed by atoms with Crippen LogP contribution in [-0.2, 0) is 14.2 Å². The van der Waals surface area contributed by atoms with Gasteiger partial charge in [-0.1, -0.05) is 62.8 Å². The second-order valence-electron chi connectivity index (χ2n) is 13.4. The average molecular weight is 744 g/mol. The first-order valence-corrected chi connectivity index (χ1v) is 18.5. The molecule has 2 N–H and O–H groups in total. The molecule has 9 heteroatoms. The molecule has 50 heavy (non-hydrogen) atoms. The van der Waals surface area contributed by atoms with E-state index in [2.05, 4.69) is 44.1 Å². The van der Waals surface area contributed by atoms with Gasteiger partial charge in [-0.3, -0.25) is 0 Å². The van der Waals surface area contributed by atoms with E-state index in [-0.39, 0.29) is 18.7 Å². The number of carbonyl (C=O) groups excluding carboxylic acids is 2. The lowest BCUT2D eigenvalue weighted by molar-refractivity contribution is 0.0510. The molecule has 0 atom stereocenters. The first-order chi connectivity index (χ1) is 24.3. The minimum Gasteiger partial charge on any atom is -0.467 e. The van der Waals surface area contributed by atoms with E-state index in [1.54, 1.807) is 7.11 Å². The molecule has 7 rings (SSSR count). The van der Waals surface area contributed by atoms with Crippen LogP contribution in [0.3, 0.4) is 0 Å². The lowest BCUT2D eigenvalue weighted by Crippen LogP contribution is -2.07. The highest BCUT2D eigenvalue weighted by Crippen LogP contribution is 2.45. The van der Waals surface area contributed by atoms with Gasteiger partial charge in [0.2, 0.25) is 0 Å². The monoisotopic (exact) mass is 742 g/mol. The molecule has 2 aliphatic carbocycles. The van der Waals surface area contributed by atoms with Crippen molar-refractivity contribution in [1.82, 2.24) is 9.97 Å². The molecule has 0 saturated heterocycles. The molecule has 5 aromatic rings. The predicted molar refractivity (Wildman–Crippen MR) is 201 cm³/mol. The van der Waals surface area contributed by atoms with Gasteiger partial charge in [0.25, 0.3) is 0 Å². The van der Waals surface area contributed by atoms with Crippen molar-refractivity contribution < 1.29 is 28.5 Å². The summed E-state index contributed by atoms with van der Waals surface area (Å²) in [5, 5.41) is 2.39. The fourth-order valence-electron chi connectivity index (χ4n) is 7.87. The molecule has 0 radical (unpaired) electrons. The Morgan fingerprint density at radius 1 is 0.720 bits per heavy atom. The zero-order valence-electron chi connectivity index (χ0n) is 29.5. The minimum atomic E-state index is -0.327. The summed E-state index contributed by atoms with van der Waals surface area (Å²) >= 11 is 3.65. The molecule has 0 amide bonds. The zero-order chi connectivity index (χ0) is 35.2. The van der Waals surface area contributed by atoms with Gasteiger partial charge in [0, 0.05) is 34.5 Å². The Morgan fingerprint density at radius 3 is 1.82 bits per heavy atom. The maximum absolute atomic E-state index is 12.1. The number of hydrogen-bond donors (Lipinski definition) is 2. The van der Waals surface area contributed by atoms with Gasteiger partial charge in [0.05, 0.1) is 35.6 Å². The Kier molecular flexibility index (Phi) is 11.6. The fraction of sp³-hybridized carbons (Fsp3) is 0.415. The highest BCUT2D eigenvalue weighted by molar-refractivity contribution is 9.10. The van der Waals surface area contributed by atoms with Crippen molar-refractivity contribution in [2.45, 2.75) is 83.0 Å². The number of nitrogens with one attached hydrogen (secondary N) is 2. The molecule has 264 valence electrons. The highest BCUT2D eigenvalue weighted by atomic mass is 79.9. The molecular formula is C41H47BrN2O6. The van der Waals surface area contributed by atoms with Gasteiger partial charge in [-0.05, 0) is 107 Å². The van der Waals surface area contributed by atoms with Crippen LogP contribution in [0.5, 0.6) is 5.75 Å². The van der Waals surface area contributed by atoms with Crippen LogP contribution in [0.1, 0.15) is 113 Å². The summed E-state index contributed by atoms with van der Waals surface area (Å²) in [6.07, 6.45) is 12.6. The highest BCUT2D eigenvalue weighted by Gasteiger charge is 2.26. The molecule has 2 heterocycles. The first-order valence-electron chi connectivity index (χ1n) is 17.7. The van der Waals surface area contributed by atoms with Gasteiger partial charge in [-0.25, -0.2) is 9.59 Å².